The van der Waals surface area contributed by atoms with E-state index in [-0.39, 0.29) is 45.9 Å². The number of amides is 2. The number of benzene rings is 1. The molecule has 17 heteroatoms. The topological polar surface area (TPSA) is 217 Å². The third-order valence-corrected chi connectivity index (χ3v) is 8.56. The Bertz CT molecular complexity index is 1790. The number of hydrogen-bond donors (Lipinski definition) is 2. The van der Waals surface area contributed by atoms with E-state index in [0.717, 1.165) is 16.2 Å². The van der Waals surface area contributed by atoms with Gasteiger partial charge < -0.3 is 35.3 Å². The Kier molecular flexibility index (Phi) is 8.50. The first-order valence-corrected chi connectivity index (χ1v) is 14.8. The number of thiazole rings is 1. The zero-order valence-corrected chi connectivity index (χ0v) is 25.0. The minimum atomic E-state index is -1.55. The number of carboxylic acid groups (broad SMARTS) is 1. The van der Waals surface area contributed by atoms with Gasteiger partial charge in [-0.1, -0.05) is 5.16 Å². The molecule has 1 saturated heterocycles. The Morgan fingerprint density at radius 2 is 1.91 bits per heavy atom. The Hall–Kier alpha value is -5.03. The van der Waals surface area contributed by atoms with Crippen LogP contribution in [0.25, 0.3) is 10.8 Å². The molecule has 2 aliphatic heterocycles. The van der Waals surface area contributed by atoms with Crippen LogP contribution in [0.2, 0.25) is 0 Å². The van der Waals surface area contributed by atoms with E-state index in [0.29, 0.717) is 22.0 Å². The average molecular weight is 641 g/mol. The summed E-state index contributed by atoms with van der Waals surface area (Å²) in [6.45, 7) is 2.41. The summed E-state index contributed by atoms with van der Waals surface area (Å²) in [5.41, 5.74) is 6.25. The van der Waals surface area contributed by atoms with Crippen molar-refractivity contribution in [3.8, 4) is 11.5 Å². The number of nitrogens with one attached hydrogen (secondary N) is 2. The van der Waals surface area contributed by atoms with Crippen LogP contribution in [0.1, 0.15) is 25.2 Å². The van der Waals surface area contributed by atoms with Crippen LogP contribution in [0.5, 0.6) is 11.5 Å². The van der Waals surface area contributed by atoms with Crippen molar-refractivity contribution in [1.29, 1.82) is 0 Å². The molecular formula is C27H24N6O9S2. The third-order valence-electron chi connectivity index (χ3n) is 6.55. The highest BCUT2D eigenvalue weighted by atomic mass is 32.2. The number of nitrogens with zero attached hydrogens (tertiary/aromatic N) is 3. The number of carbonyl (C=O) groups is 5. The van der Waals surface area contributed by atoms with Crippen molar-refractivity contribution in [3.05, 3.63) is 52.4 Å². The standard InChI is InChI=1S/C27H24N6O9S2/c1-11(34)41-18-7-13-4-5-29-16(15(13)8-19(18)42-12(2)35)6-14-9-43-25-21(24(37)33(25)22(14)26(38)39)31-23(36)20(32-40-3)17-10-44-27(28)30-17/h4-5,7-8,10,21,25H,6,9H2,1-3H3,(H2,28,30)(H,31,36)(H,38,39)/b32-20-/t21?,25-/m1/s1. The van der Waals surface area contributed by atoms with Crippen LogP contribution in [0.4, 0.5) is 5.13 Å². The number of H-pyrrole nitrogens is 1. The molecule has 44 heavy (non-hydrogen) atoms. The van der Waals surface area contributed by atoms with Crippen molar-refractivity contribution in [1.82, 2.24) is 15.2 Å². The molecule has 5 rings (SSSR count). The van der Waals surface area contributed by atoms with Gasteiger partial charge in [0.1, 0.15) is 24.2 Å². The first kappa shape index (κ1) is 30.4. The van der Waals surface area contributed by atoms with Crippen LogP contribution >= 0.6 is 23.1 Å². The maximum atomic E-state index is 13.2. The Balaban J connectivity index is 1.43. The van der Waals surface area contributed by atoms with Crippen LogP contribution in [-0.2, 0) is 35.2 Å². The maximum Gasteiger partial charge on any atom is 0.308 e. The molecule has 0 bridgehead atoms. The second-order valence-electron chi connectivity index (χ2n) is 9.50. The van der Waals surface area contributed by atoms with Crippen LogP contribution in [0.3, 0.4) is 0 Å². The van der Waals surface area contributed by atoms with Gasteiger partial charge in [-0.25, -0.2) is 9.97 Å². The second kappa shape index (κ2) is 12.3. The average Bonchev–Trinajstić information content (AvgIpc) is 3.39. The molecular weight excluding hydrogens is 616 g/mol. The summed E-state index contributed by atoms with van der Waals surface area (Å²) in [6, 6.07) is 3.70. The lowest BCUT2D eigenvalue weighted by Crippen LogP contribution is -2.71. The van der Waals surface area contributed by atoms with E-state index in [4.69, 9.17) is 20.0 Å². The molecule has 1 aromatic carbocycles. The fraction of sp³-hybridized carbons (Fsp3) is 0.259. The van der Waals surface area contributed by atoms with Gasteiger partial charge in [0.05, 0.1) is 23.5 Å². The van der Waals surface area contributed by atoms with E-state index in [1.807, 2.05) is 0 Å². The number of aromatic nitrogens is 2. The van der Waals surface area contributed by atoms with Crippen molar-refractivity contribution in [2.75, 3.05) is 18.6 Å². The number of esters is 2. The van der Waals surface area contributed by atoms with Gasteiger partial charge in [0.15, 0.2) is 34.2 Å². The molecule has 4 heterocycles. The van der Waals surface area contributed by atoms with Gasteiger partial charge in [0, 0.05) is 31.0 Å². The predicted molar refractivity (Wildman–Crippen MR) is 154 cm³/mol. The maximum absolute atomic E-state index is 13.2. The first-order chi connectivity index (χ1) is 21.0. The molecule has 2 amide bonds. The summed E-state index contributed by atoms with van der Waals surface area (Å²) >= 11 is 2.36. The zero-order chi connectivity index (χ0) is 31.7. The van der Waals surface area contributed by atoms with Gasteiger partial charge in [0.2, 0.25) is 0 Å². The predicted octanol–water partition coefficient (Wildman–Crippen LogP) is -0.460. The van der Waals surface area contributed by atoms with E-state index in [1.54, 1.807) is 12.3 Å². The van der Waals surface area contributed by atoms with Crippen molar-refractivity contribution in [2.24, 2.45) is 5.16 Å². The number of oxime groups is 1. The lowest BCUT2D eigenvalue weighted by atomic mass is 9.98. The highest BCUT2D eigenvalue weighted by Gasteiger charge is 2.53. The molecule has 1 fully saturated rings. The lowest BCUT2D eigenvalue weighted by molar-refractivity contribution is -0.387. The summed E-state index contributed by atoms with van der Waals surface area (Å²) < 4.78 is 10.5. The molecule has 0 aliphatic carbocycles. The molecule has 2 aromatic heterocycles. The number of anilines is 1. The highest BCUT2D eigenvalue weighted by Crippen LogP contribution is 2.41. The molecule has 3 aromatic rings. The highest BCUT2D eigenvalue weighted by molar-refractivity contribution is 8.00. The number of pyridine rings is 1. The SMILES string of the molecule is CO/N=C(\C(=O)NC1C(=O)N2C(C(=O)[O-])=C(Cc3[nH+]ccc4cc(OC(C)=O)c(OC(C)=O)cc34)CS[C@H]12)c1csc(N)n1. The third kappa shape index (κ3) is 5.91. The number of rotatable bonds is 9. The van der Waals surface area contributed by atoms with Gasteiger partial charge in [-0.3, -0.25) is 24.1 Å². The monoisotopic (exact) mass is 640 g/mol. The zero-order valence-electron chi connectivity index (χ0n) is 23.4. The summed E-state index contributed by atoms with van der Waals surface area (Å²) in [6.07, 6.45) is 1.68. The number of β-lactam (4-membered cyclic amide) rings is 1. The molecule has 0 spiro atoms. The van der Waals surface area contributed by atoms with Gasteiger partial charge in [0.25, 0.3) is 11.8 Å². The van der Waals surface area contributed by atoms with Crippen LogP contribution < -0.4 is 30.6 Å². The molecule has 0 radical (unpaired) electrons. The lowest BCUT2D eigenvalue weighted by Gasteiger charge is -2.50. The van der Waals surface area contributed by atoms with E-state index >= 15 is 0 Å². The number of nitrogen functional groups attached to an aromatic ring is 1. The Labute approximate surface area is 257 Å². The molecule has 228 valence electrons. The minimum absolute atomic E-state index is 0.00135. The molecule has 2 atom stereocenters. The number of aliphatic carboxylic acids is 1. The van der Waals surface area contributed by atoms with Crippen molar-refractivity contribution in [2.45, 2.75) is 31.7 Å². The summed E-state index contributed by atoms with van der Waals surface area (Å²) in [5.74, 6) is -3.96. The molecule has 1 unspecified atom stereocenters. The number of ether oxygens (including phenoxy) is 2. The summed E-state index contributed by atoms with van der Waals surface area (Å²) in [4.78, 5) is 74.9. The number of carboxylic acids is 1. The van der Waals surface area contributed by atoms with E-state index in [2.05, 4.69) is 20.4 Å². The van der Waals surface area contributed by atoms with Crippen molar-refractivity contribution in [3.63, 3.8) is 0 Å². The summed E-state index contributed by atoms with van der Waals surface area (Å²) in [5, 5.41) is 20.8. The first-order valence-electron chi connectivity index (χ1n) is 12.8. The van der Waals surface area contributed by atoms with Crippen LogP contribution in [-0.4, -0.2) is 69.6 Å². The molecule has 4 N–H and O–H groups in total. The number of nitrogens with two attached hydrogens (primary N) is 1. The van der Waals surface area contributed by atoms with Gasteiger partial charge in [-0.15, -0.1) is 23.1 Å². The number of hydrogen-bond acceptors (Lipinski definition) is 14. The van der Waals surface area contributed by atoms with Gasteiger partial charge in [-0.05, 0) is 23.1 Å². The minimum Gasteiger partial charge on any atom is -0.543 e. The number of aromatic amines is 1. The van der Waals surface area contributed by atoms with E-state index in [1.165, 1.54) is 50.2 Å². The van der Waals surface area contributed by atoms with Gasteiger partial charge in [-0.2, -0.15) is 0 Å². The molecule has 2 aliphatic rings. The second-order valence-corrected chi connectivity index (χ2v) is 11.5. The quantitative estimate of drug-likeness (QED) is 0.0999. The van der Waals surface area contributed by atoms with Gasteiger partial charge >= 0.3 is 11.9 Å². The largest absolute Gasteiger partial charge is 0.543 e. The molecule has 0 saturated carbocycles. The van der Waals surface area contributed by atoms with E-state index < -0.39 is 41.1 Å². The Morgan fingerprint density at radius 1 is 1.20 bits per heavy atom. The van der Waals surface area contributed by atoms with E-state index in [9.17, 15) is 29.1 Å². The summed E-state index contributed by atoms with van der Waals surface area (Å²) in [7, 11) is 1.25. The van der Waals surface area contributed by atoms with Crippen molar-refractivity contribution >= 4 is 74.4 Å². The normalized spacial score (nSPS) is 17.9. The van der Waals surface area contributed by atoms with Crippen molar-refractivity contribution < 1.29 is 48.4 Å². The number of fused-ring (bicyclic) bond motifs is 2. The molecule has 15 nitrogen and oxygen atoms in total. The number of thioether (sulfide) groups is 1. The van der Waals surface area contributed by atoms with Crippen LogP contribution in [0, 0.1) is 0 Å². The van der Waals surface area contributed by atoms with Crippen LogP contribution in [0.15, 0.2) is 46.2 Å². The number of carbonyl (C=O) groups excluding carboxylic acids is 5. The Morgan fingerprint density at radius 3 is 2.52 bits per heavy atom. The fourth-order valence-electron chi connectivity index (χ4n) is 4.82. The smallest absolute Gasteiger partial charge is 0.308 e. The fourth-order valence-corrected chi connectivity index (χ4v) is 6.72.